The summed E-state index contributed by atoms with van der Waals surface area (Å²) in [5.41, 5.74) is 2.70. The molecule has 1 heteroatoms. The average Bonchev–Trinajstić information content (AvgIpc) is 2.29. The van der Waals surface area contributed by atoms with Gasteiger partial charge < -0.3 is 5.11 Å². The molecule has 1 N–H and O–H groups in total. The molecule has 1 aromatic carbocycles. The number of aliphatic hydroxyl groups excluding tert-OH is 1. The average molecular weight is 206 g/mol. The van der Waals surface area contributed by atoms with Crippen LogP contribution in [0.3, 0.4) is 0 Å². The van der Waals surface area contributed by atoms with Crippen LogP contribution in [0, 0.1) is 12.3 Å². The Labute approximate surface area is 93.1 Å². The fraction of sp³-hybridized carbons (Fsp3) is 0.571. The third kappa shape index (κ3) is 3.07. The molecule has 0 saturated heterocycles. The first kappa shape index (κ1) is 12.3. The lowest BCUT2D eigenvalue weighted by molar-refractivity contribution is 0.115. The van der Waals surface area contributed by atoms with Gasteiger partial charge in [0.1, 0.15) is 0 Å². The van der Waals surface area contributed by atoms with Crippen molar-refractivity contribution in [3.63, 3.8) is 0 Å². The molecule has 0 saturated carbocycles. The second-order valence-corrected chi connectivity index (χ2v) is 4.53. The van der Waals surface area contributed by atoms with Crippen molar-refractivity contribution in [1.29, 1.82) is 0 Å². The van der Waals surface area contributed by atoms with Gasteiger partial charge in [0.25, 0.3) is 0 Å². The summed E-state index contributed by atoms with van der Waals surface area (Å²) in [4.78, 5) is 0. The van der Waals surface area contributed by atoms with Crippen LogP contribution in [0.4, 0.5) is 0 Å². The van der Waals surface area contributed by atoms with Gasteiger partial charge in [-0.05, 0) is 37.2 Å². The van der Waals surface area contributed by atoms with Gasteiger partial charge in [-0.3, -0.25) is 0 Å². The topological polar surface area (TPSA) is 20.2 Å². The molecule has 0 aliphatic carbocycles. The Morgan fingerprint density at radius 2 is 1.60 bits per heavy atom. The molecule has 0 amide bonds. The number of hydrogen-bond donors (Lipinski definition) is 1. The van der Waals surface area contributed by atoms with E-state index < -0.39 is 0 Å². The third-order valence-corrected chi connectivity index (χ3v) is 3.54. The molecule has 0 unspecified atom stereocenters. The first-order chi connectivity index (χ1) is 7.15. The summed E-state index contributed by atoms with van der Waals surface area (Å²) < 4.78 is 0. The van der Waals surface area contributed by atoms with Crippen molar-refractivity contribution >= 4 is 0 Å². The molecule has 84 valence electrons. The zero-order valence-electron chi connectivity index (χ0n) is 10.1. The summed E-state index contributed by atoms with van der Waals surface area (Å²) in [5, 5.41) is 9.49. The van der Waals surface area contributed by atoms with E-state index in [9.17, 15) is 5.11 Å². The van der Waals surface area contributed by atoms with Crippen molar-refractivity contribution in [3.05, 3.63) is 35.4 Å². The molecule has 0 aliphatic rings. The monoisotopic (exact) mass is 206 g/mol. The molecule has 0 aliphatic heterocycles. The van der Waals surface area contributed by atoms with Crippen LogP contribution in [0.2, 0.25) is 0 Å². The van der Waals surface area contributed by atoms with E-state index >= 15 is 0 Å². The number of aryl methyl sites for hydroxylation is 1. The molecule has 15 heavy (non-hydrogen) atoms. The standard InChI is InChI=1S/C14H22O/c1-4-14(5-2,11-15)10-13-8-6-12(3)7-9-13/h6-9,15H,4-5,10-11H2,1-3H3. The predicted molar refractivity (Wildman–Crippen MR) is 65.0 cm³/mol. The lowest BCUT2D eigenvalue weighted by Gasteiger charge is -2.29. The Morgan fingerprint density at radius 1 is 1.07 bits per heavy atom. The minimum absolute atomic E-state index is 0.0786. The lowest BCUT2D eigenvalue weighted by atomic mass is 9.78. The Morgan fingerprint density at radius 3 is 2.00 bits per heavy atom. The van der Waals surface area contributed by atoms with E-state index in [0.29, 0.717) is 0 Å². The summed E-state index contributed by atoms with van der Waals surface area (Å²) in [6, 6.07) is 8.63. The fourth-order valence-corrected chi connectivity index (χ4v) is 1.92. The van der Waals surface area contributed by atoms with Gasteiger partial charge in [-0.1, -0.05) is 43.7 Å². The van der Waals surface area contributed by atoms with Gasteiger partial charge in [0.15, 0.2) is 0 Å². The highest BCUT2D eigenvalue weighted by Gasteiger charge is 2.25. The van der Waals surface area contributed by atoms with Crippen LogP contribution in [-0.2, 0) is 6.42 Å². The van der Waals surface area contributed by atoms with E-state index in [-0.39, 0.29) is 12.0 Å². The van der Waals surface area contributed by atoms with E-state index in [2.05, 4.69) is 45.0 Å². The predicted octanol–water partition coefficient (Wildman–Crippen LogP) is 3.34. The largest absolute Gasteiger partial charge is 0.396 e. The van der Waals surface area contributed by atoms with Crippen LogP contribution < -0.4 is 0 Å². The molecule has 0 fully saturated rings. The van der Waals surface area contributed by atoms with Gasteiger partial charge in [0, 0.05) is 6.61 Å². The second kappa shape index (κ2) is 5.32. The molecule has 0 atom stereocenters. The Hall–Kier alpha value is -0.820. The highest BCUT2D eigenvalue weighted by molar-refractivity contribution is 5.22. The molecule has 0 radical (unpaired) electrons. The second-order valence-electron chi connectivity index (χ2n) is 4.53. The van der Waals surface area contributed by atoms with Gasteiger partial charge in [0.05, 0.1) is 0 Å². The van der Waals surface area contributed by atoms with Crippen molar-refractivity contribution in [3.8, 4) is 0 Å². The fourth-order valence-electron chi connectivity index (χ4n) is 1.92. The summed E-state index contributed by atoms with van der Waals surface area (Å²) in [6.07, 6.45) is 3.05. The van der Waals surface area contributed by atoms with Gasteiger partial charge in [-0.15, -0.1) is 0 Å². The Bertz CT molecular complexity index is 274. The van der Waals surface area contributed by atoms with Gasteiger partial charge in [0.2, 0.25) is 0 Å². The van der Waals surface area contributed by atoms with E-state index in [4.69, 9.17) is 0 Å². The molecule has 1 rings (SSSR count). The number of rotatable bonds is 5. The Balaban J connectivity index is 2.78. The summed E-state index contributed by atoms with van der Waals surface area (Å²) in [6.45, 7) is 6.71. The van der Waals surface area contributed by atoms with Gasteiger partial charge in [-0.25, -0.2) is 0 Å². The van der Waals surface area contributed by atoms with Crippen molar-refractivity contribution in [2.24, 2.45) is 5.41 Å². The molecular formula is C14H22O. The molecule has 1 aromatic rings. The normalized spacial score (nSPS) is 11.7. The zero-order valence-corrected chi connectivity index (χ0v) is 10.1. The quantitative estimate of drug-likeness (QED) is 0.783. The van der Waals surface area contributed by atoms with Crippen LogP contribution in [0.1, 0.15) is 37.8 Å². The van der Waals surface area contributed by atoms with Crippen LogP contribution in [-0.4, -0.2) is 11.7 Å². The minimum Gasteiger partial charge on any atom is -0.396 e. The number of aliphatic hydroxyl groups is 1. The molecule has 1 nitrogen and oxygen atoms in total. The van der Waals surface area contributed by atoms with E-state index in [1.807, 2.05) is 0 Å². The first-order valence-corrected chi connectivity index (χ1v) is 5.82. The van der Waals surface area contributed by atoms with Crippen LogP contribution in [0.25, 0.3) is 0 Å². The third-order valence-electron chi connectivity index (χ3n) is 3.54. The maximum atomic E-state index is 9.49. The van der Waals surface area contributed by atoms with Crippen molar-refractivity contribution < 1.29 is 5.11 Å². The van der Waals surface area contributed by atoms with E-state index in [0.717, 1.165) is 19.3 Å². The molecule has 0 heterocycles. The van der Waals surface area contributed by atoms with Crippen LogP contribution >= 0.6 is 0 Å². The zero-order chi connectivity index (χ0) is 11.3. The van der Waals surface area contributed by atoms with Crippen molar-refractivity contribution in [2.45, 2.75) is 40.0 Å². The first-order valence-electron chi connectivity index (χ1n) is 5.82. The number of hydrogen-bond acceptors (Lipinski definition) is 1. The number of benzene rings is 1. The molecule has 0 bridgehead atoms. The molecule has 0 spiro atoms. The maximum Gasteiger partial charge on any atom is 0.0490 e. The molecule has 0 aromatic heterocycles. The van der Waals surface area contributed by atoms with Gasteiger partial charge >= 0.3 is 0 Å². The highest BCUT2D eigenvalue weighted by Crippen LogP contribution is 2.30. The van der Waals surface area contributed by atoms with Crippen LogP contribution in [0.15, 0.2) is 24.3 Å². The maximum absolute atomic E-state index is 9.49. The van der Waals surface area contributed by atoms with E-state index in [1.165, 1.54) is 11.1 Å². The summed E-state index contributed by atoms with van der Waals surface area (Å²) >= 11 is 0. The molecular weight excluding hydrogens is 184 g/mol. The van der Waals surface area contributed by atoms with Crippen LogP contribution in [0.5, 0.6) is 0 Å². The summed E-state index contributed by atoms with van der Waals surface area (Å²) in [5.74, 6) is 0. The highest BCUT2D eigenvalue weighted by atomic mass is 16.3. The summed E-state index contributed by atoms with van der Waals surface area (Å²) in [7, 11) is 0. The van der Waals surface area contributed by atoms with Crippen molar-refractivity contribution in [1.82, 2.24) is 0 Å². The SMILES string of the molecule is CCC(CC)(CO)Cc1ccc(C)cc1. The lowest BCUT2D eigenvalue weighted by Crippen LogP contribution is -2.26. The van der Waals surface area contributed by atoms with Gasteiger partial charge in [-0.2, -0.15) is 0 Å². The van der Waals surface area contributed by atoms with E-state index in [1.54, 1.807) is 0 Å². The minimum atomic E-state index is 0.0786. The van der Waals surface area contributed by atoms with Crippen molar-refractivity contribution in [2.75, 3.05) is 6.61 Å². The smallest absolute Gasteiger partial charge is 0.0490 e. The Kier molecular flexibility index (Phi) is 4.34.